The van der Waals surface area contributed by atoms with Gasteiger partial charge in [-0.1, -0.05) is 0 Å². The van der Waals surface area contributed by atoms with Crippen molar-refractivity contribution in [3.63, 3.8) is 0 Å². The summed E-state index contributed by atoms with van der Waals surface area (Å²) in [5, 5.41) is 9.06. The van der Waals surface area contributed by atoms with Crippen LogP contribution in [0.15, 0.2) is 0 Å². The maximum atomic E-state index is 11.7. The van der Waals surface area contributed by atoms with Crippen LogP contribution in [-0.4, -0.2) is 43.6 Å². The van der Waals surface area contributed by atoms with Crippen molar-refractivity contribution in [3.05, 3.63) is 0 Å². The number of rotatable bonds is 5. The molecule has 90 valence electrons. The Morgan fingerprint density at radius 2 is 2.00 bits per heavy atom. The lowest BCUT2D eigenvalue weighted by Gasteiger charge is -2.32. The Bertz CT molecular complexity index is 296. The lowest BCUT2D eigenvalue weighted by molar-refractivity contribution is 0.0451. The summed E-state index contributed by atoms with van der Waals surface area (Å²) >= 11 is 0. The molecule has 0 spiro atoms. The predicted molar refractivity (Wildman–Crippen MR) is 58.6 cm³/mol. The second-order valence-corrected chi connectivity index (χ2v) is 6.27. The number of hydrogen-bond acceptors (Lipinski definition) is 3. The third-order valence-electron chi connectivity index (χ3n) is 2.87. The van der Waals surface area contributed by atoms with Crippen LogP contribution in [0.2, 0.25) is 0 Å². The minimum Gasteiger partial charge on any atom is -0.393 e. The van der Waals surface area contributed by atoms with E-state index in [4.69, 9.17) is 5.11 Å². The fourth-order valence-electron chi connectivity index (χ4n) is 1.47. The molecule has 1 saturated carbocycles. The molecular formula is C9H20N2O3S. The Hall–Kier alpha value is -0.170. The van der Waals surface area contributed by atoms with Gasteiger partial charge in [-0.05, 0) is 32.6 Å². The van der Waals surface area contributed by atoms with Gasteiger partial charge in [0.1, 0.15) is 0 Å². The average molecular weight is 236 g/mol. The quantitative estimate of drug-likeness (QED) is 0.702. The minimum atomic E-state index is -3.35. The fourth-order valence-corrected chi connectivity index (χ4v) is 2.67. The first-order valence-electron chi connectivity index (χ1n) is 5.23. The van der Waals surface area contributed by atoms with E-state index in [1.165, 1.54) is 4.31 Å². The topological polar surface area (TPSA) is 69.6 Å². The van der Waals surface area contributed by atoms with E-state index in [2.05, 4.69) is 4.72 Å². The van der Waals surface area contributed by atoms with Crippen molar-refractivity contribution in [3.8, 4) is 0 Å². The van der Waals surface area contributed by atoms with Crippen molar-refractivity contribution in [1.82, 2.24) is 9.03 Å². The van der Waals surface area contributed by atoms with Gasteiger partial charge in [0.15, 0.2) is 0 Å². The molecule has 0 heterocycles. The van der Waals surface area contributed by atoms with E-state index in [0.29, 0.717) is 19.4 Å². The number of aliphatic hydroxyl groups is 1. The van der Waals surface area contributed by atoms with E-state index in [9.17, 15) is 8.42 Å². The second kappa shape index (κ2) is 4.78. The molecule has 0 radical (unpaired) electrons. The minimum absolute atomic E-state index is 0.0468. The van der Waals surface area contributed by atoms with E-state index in [-0.39, 0.29) is 18.1 Å². The summed E-state index contributed by atoms with van der Waals surface area (Å²) in [5.41, 5.74) is 0. The normalized spacial score (nSPS) is 27.1. The van der Waals surface area contributed by atoms with Gasteiger partial charge in [-0.25, -0.2) is 4.72 Å². The third kappa shape index (κ3) is 3.41. The maximum Gasteiger partial charge on any atom is 0.279 e. The number of aliphatic hydroxyl groups excluding tert-OH is 1. The molecule has 0 bridgehead atoms. The van der Waals surface area contributed by atoms with Gasteiger partial charge in [-0.2, -0.15) is 12.7 Å². The number of nitrogens with one attached hydrogen (secondary N) is 1. The van der Waals surface area contributed by atoms with Crippen LogP contribution < -0.4 is 4.72 Å². The SMILES string of the molecule is CC(C)N(C)S(=O)(=O)NCC1CC(O)C1. The van der Waals surface area contributed by atoms with E-state index in [1.807, 2.05) is 13.8 Å². The molecule has 1 fully saturated rings. The van der Waals surface area contributed by atoms with Gasteiger partial charge >= 0.3 is 0 Å². The van der Waals surface area contributed by atoms with Gasteiger partial charge in [-0.15, -0.1) is 0 Å². The molecule has 1 aliphatic carbocycles. The molecule has 1 rings (SSSR count). The molecule has 0 aromatic heterocycles. The lowest BCUT2D eigenvalue weighted by atomic mass is 9.83. The number of nitrogens with zero attached hydrogens (tertiary/aromatic N) is 1. The van der Waals surface area contributed by atoms with Crippen molar-refractivity contribution < 1.29 is 13.5 Å². The highest BCUT2D eigenvalue weighted by molar-refractivity contribution is 7.87. The number of hydrogen-bond donors (Lipinski definition) is 2. The van der Waals surface area contributed by atoms with Crippen molar-refractivity contribution in [1.29, 1.82) is 0 Å². The van der Waals surface area contributed by atoms with Gasteiger partial charge in [0.05, 0.1) is 6.10 Å². The van der Waals surface area contributed by atoms with Crippen LogP contribution in [0, 0.1) is 5.92 Å². The molecule has 0 aromatic carbocycles. The predicted octanol–water partition coefficient (Wildman–Crippen LogP) is -0.0681. The maximum absolute atomic E-state index is 11.7. The smallest absolute Gasteiger partial charge is 0.279 e. The molecule has 0 amide bonds. The van der Waals surface area contributed by atoms with Gasteiger partial charge in [0.2, 0.25) is 0 Å². The summed E-state index contributed by atoms with van der Waals surface area (Å²) in [6.07, 6.45) is 1.17. The first kappa shape index (κ1) is 12.9. The first-order valence-corrected chi connectivity index (χ1v) is 6.67. The van der Waals surface area contributed by atoms with Crippen molar-refractivity contribution in [2.24, 2.45) is 5.92 Å². The largest absolute Gasteiger partial charge is 0.393 e. The van der Waals surface area contributed by atoms with Crippen LogP contribution in [0.25, 0.3) is 0 Å². The van der Waals surface area contributed by atoms with Gasteiger partial charge < -0.3 is 5.11 Å². The summed E-state index contributed by atoms with van der Waals surface area (Å²) in [7, 11) is -1.79. The Morgan fingerprint density at radius 3 is 2.40 bits per heavy atom. The Labute approximate surface area is 91.7 Å². The molecule has 0 saturated heterocycles. The van der Waals surface area contributed by atoms with E-state index in [1.54, 1.807) is 7.05 Å². The van der Waals surface area contributed by atoms with Crippen LogP contribution in [0.3, 0.4) is 0 Å². The zero-order valence-electron chi connectivity index (χ0n) is 9.47. The van der Waals surface area contributed by atoms with Crippen LogP contribution in [-0.2, 0) is 10.2 Å². The van der Waals surface area contributed by atoms with Crippen molar-refractivity contribution >= 4 is 10.2 Å². The second-order valence-electron chi connectivity index (χ2n) is 4.45. The molecule has 0 aromatic rings. The summed E-state index contributed by atoms with van der Waals surface area (Å²) in [4.78, 5) is 0. The molecule has 15 heavy (non-hydrogen) atoms. The molecule has 6 heteroatoms. The fraction of sp³-hybridized carbons (Fsp3) is 1.00. The zero-order chi connectivity index (χ0) is 11.6. The summed E-state index contributed by atoms with van der Waals surface area (Å²) in [6.45, 7) is 4.08. The van der Waals surface area contributed by atoms with Gasteiger partial charge in [0.25, 0.3) is 10.2 Å². The summed E-state index contributed by atoms with van der Waals surface area (Å²) in [6, 6.07) is -0.0468. The van der Waals surface area contributed by atoms with Crippen molar-refractivity contribution in [2.45, 2.75) is 38.8 Å². The monoisotopic (exact) mass is 236 g/mol. The average Bonchev–Trinajstić information content (AvgIpc) is 2.09. The molecule has 0 unspecified atom stereocenters. The molecule has 1 aliphatic rings. The molecular weight excluding hydrogens is 216 g/mol. The Morgan fingerprint density at radius 1 is 1.47 bits per heavy atom. The highest BCUT2D eigenvalue weighted by Crippen LogP contribution is 2.26. The van der Waals surface area contributed by atoms with Crippen LogP contribution in [0.5, 0.6) is 0 Å². The third-order valence-corrected chi connectivity index (χ3v) is 4.58. The summed E-state index contributed by atoms with van der Waals surface area (Å²) in [5.74, 6) is 0.287. The van der Waals surface area contributed by atoms with Gasteiger partial charge in [-0.3, -0.25) is 0 Å². The standard InChI is InChI=1S/C9H20N2O3S/c1-7(2)11(3)15(13,14)10-6-8-4-9(12)5-8/h7-10,12H,4-6H2,1-3H3. The van der Waals surface area contributed by atoms with Gasteiger partial charge in [0, 0.05) is 19.6 Å². The van der Waals surface area contributed by atoms with Crippen LogP contribution >= 0.6 is 0 Å². The Kier molecular flexibility index (Phi) is 4.11. The molecule has 5 nitrogen and oxygen atoms in total. The van der Waals surface area contributed by atoms with Crippen LogP contribution in [0.1, 0.15) is 26.7 Å². The Balaban J connectivity index is 2.37. The molecule has 2 N–H and O–H groups in total. The molecule has 0 aliphatic heterocycles. The highest BCUT2D eigenvalue weighted by Gasteiger charge is 2.29. The first-order chi connectivity index (χ1) is 6.83. The van der Waals surface area contributed by atoms with Crippen molar-refractivity contribution in [2.75, 3.05) is 13.6 Å². The van der Waals surface area contributed by atoms with Crippen LogP contribution in [0.4, 0.5) is 0 Å². The zero-order valence-corrected chi connectivity index (χ0v) is 10.3. The van der Waals surface area contributed by atoms with E-state index >= 15 is 0 Å². The summed E-state index contributed by atoms with van der Waals surface area (Å²) < 4.78 is 27.2. The molecule has 0 atom stereocenters. The lowest BCUT2D eigenvalue weighted by Crippen LogP contribution is -2.45. The van der Waals surface area contributed by atoms with E-state index < -0.39 is 10.2 Å². The highest BCUT2D eigenvalue weighted by atomic mass is 32.2. The van der Waals surface area contributed by atoms with E-state index in [0.717, 1.165) is 0 Å².